The first kappa shape index (κ1) is 19.6. The van der Waals surface area contributed by atoms with Gasteiger partial charge in [-0.3, -0.25) is 9.59 Å². The molecule has 0 unspecified atom stereocenters. The van der Waals surface area contributed by atoms with Gasteiger partial charge in [-0.2, -0.15) is 0 Å². The van der Waals surface area contributed by atoms with Gasteiger partial charge in [0.2, 0.25) is 0 Å². The summed E-state index contributed by atoms with van der Waals surface area (Å²) in [7, 11) is 1.61. The number of aliphatic hydroxyl groups excluding tert-OH is 1. The summed E-state index contributed by atoms with van der Waals surface area (Å²) in [6.07, 6.45) is 1.25. The van der Waals surface area contributed by atoms with Crippen molar-refractivity contribution < 1.29 is 19.8 Å². The zero-order valence-corrected chi connectivity index (χ0v) is 16.9. The van der Waals surface area contributed by atoms with Crippen LogP contribution in [-0.4, -0.2) is 40.6 Å². The molecule has 0 aromatic heterocycles. The van der Waals surface area contributed by atoms with Gasteiger partial charge in [0.05, 0.1) is 6.04 Å². The largest absolute Gasteiger partial charge is 0.508 e. The summed E-state index contributed by atoms with van der Waals surface area (Å²) in [6, 6.07) is 5.32. The van der Waals surface area contributed by atoms with E-state index in [-0.39, 0.29) is 5.92 Å². The van der Waals surface area contributed by atoms with Gasteiger partial charge in [0.15, 0.2) is 5.78 Å². The van der Waals surface area contributed by atoms with Crippen LogP contribution in [0.3, 0.4) is 0 Å². The number of nitrogens with one attached hydrogen (secondary N) is 1. The van der Waals surface area contributed by atoms with Crippen molar-refractivity contribution in [3.05, 3.63) is 63.9 Å². The van der Waals surface area contributed by atoms with E-state index < -0.39 is 40.6 Å². The van der Waals surface area contributed by atoms with Crippen LogP contribution in [0.2, 0.25) is 0 Å². The number of allylic oxidation sites excluding steroid dienone is 2. The van der Waals surface area contributed by atoms with E-state index in [0.717, 1.165) is 28.7 Å². The monoisotopic (exact) mass is 394 g/mol. The number of ketones is 1. The number of carbonyl (C=O) groups excluding carboxylic acids is 2. The van der Waals surface area contributed by atoms with Gasteiger partial charge >= 0.3 is 0 Å². The first-order chi connectivity index (χ1) is 13.6. The van der Waals surface area contributed by atoms with E-state index >= 15 is 0 Å². The van der Waals surface area contributed by atoms with Gasteiger partial charge in [-0.1, -0.05) is 24.8 Å². The fourth-order valence-electron chi connectivity index (χ4n) is 5.72. The number of primary amides is 1. The standard InChI is InChI=1S/C23H26N2O4/c1-10-6-5-7-13-8-14-9-15-19(25-4)20(26)18(22(24)28)21(27)23(15,29)12(3)17(14)11(2)16(10)13/h5-7,14-15,19,25,27,29H,2,8-9H2,1,3-4H3,(H2,24,28)/t14-,15-,19-,23+/m0/s1. The Bertz CT molecular complexity index is 1040. The average Bonchev–Trinajstić information content (AvgIpc) is 2.65. The maximum atomic E-state index is 12.9. The number of hydrogen-bond acceptors (Lipinski definition) is 5. The van der Waals surface area contributed by atoms with Crippen LogP contribution in [0.4, 0.5) is 0 Å². The highest BCUT2D eigenvalue weighted by Gasteiger charge is 2.59. The molecule has 1 amide bonds. The minimum atomic E-state index is -1.85. The lowest BCUT2D eigenvalue weighted by Gasteiger charge is -2.51. The van der Waals surface area contributed by atoms with E-state index in [1.54, 1.807) is 14.0 Å². The molecule has 4 atom stereocenters. The van der Waals surface area contributed by atoms with E-state index in [0.29, 0.717) is 12.0 Å². The molecule has 152 valence electrons. The SMILES string of the molecule is C=C1C2=C(C)[C@]3(O)C(O)=C(C(N)=O)C(=O)[C@@H](NC)[C@@H]3C[C@@H]2Cc2cccc(C)c21. The van der Waals surface area contributed by atoms with Crippen LogP contribution in [-0.2, 0) is 16.0 Å². The van der Waals surface area contributed by atoms with Crippen LogP contribution in [0.1, 0.15) is 30.0 Å². The summed E-state index contributed by atoms with van der Waals surface area (Å²) < 4.78 is 0. The number of Topliss-reactive ketones (excluding diaryl/α,β-unsaturated/α-hetero) is 1. The zero-order chi connectivity index (χ0) is 21.2. The van der Waals surface area contributed by atoms with Crippen LogP contribution >= 0.6 is 0 Å². The molecule has 0 aliphatic heterocycles. The van der Waals surface area contributed by atoms with E-state index in [4.69, 9.17) is 5.73 Å². The fraction of sp³-hybridized carbons (Fsp3) is 0.391. The highest BCUT2D eigenvalue weighted by atomic mass is 16.3. The summed E-state index contributed by atoms with van der Waals surface area (Å²) in [5.74, 6) is -2.81. The first-order valence-corrected chi connectivity index (χ1v) is 9.81. The number of nitrogens with two attached hydrogens (primary N) is 1. The molecule has 1 aromatic rings. The predicted molar refractivity (Wildman–Crippen MR) is 110 cm³/mol. The number of rotatable bonds is 2. The minimum absolute atomic E-state index is 0.0636. The van der Waals surface area contributed by atoms with Gasteiger partial charge in [-0.05, 0) is 73.1 Å². The Morgan fingerprint density at radius 2 is 2.03 bits per heavy atom. The smallest absolute Gasteiger partial charge is 0.255 e. The molecule has 6 nitrogen and oxygen atoms in total. The maximum Gasteiger partial charge on any atom is 0.255 e. The van der Waals surface area contributed by atoms with E-state index in [1.165, 1.54) is 5.56 Å². The van der Waals surface area contributed by atoms with Crippen LogP contribution in [0, 0.1) is 18.8 Å². The molecule has 4 rings (SSSR count). The second-order valence-electron chi connectivity index (χ2n) is 8.35. The van der Waals surface area contributed by atoms with Crippen molar-refractivity contribution in [2.75, 3.05) is 7.05 Å². The van der Waals surface area contributed by atoms with Crippen LogP contribution in [0.25, 0.3) is 5.57 Å². The molecule has 0 spiro atoms. The van der Waals surface area contributed by atoms with Gasteiger partial charge < -0.3 is 21.3 Å². The van der Waals surface area contributed by atoms with Crippen molar-refractivity contribution >= 4 is 17.3 Å². The van der Waals surface area contributed by atoms with E-state index in [2.05, 4.69) is 18.0 Å². The molecule has 3 aliphatic rings. The Morgan fingerprint density at radius 1 is 1.34 bits per heavy atom. The number of likely N-dealkylation sites (N-methyl/N-ethyl adjacent to an activating group) is 1. The van der Waals surface area contributed by atoms with Gasteiger partial charge in [-0.25, -0.2) is 0 Å². The third kappa shape index (κ3) is 2.42. The van der Waals surface area contributed by atoms with Gasteiger partial charge in [0, 0.05) is 5.92 Å². The Balaban J connectivity index is 1.99. The maximum absolute atomic E-state index is 12.9. The molecular weight excluding hydrogens is 368 g/mol. The first-order valence-electron chi connectivity index (χ1n) is 9.81. The summed E-state index contributed by atoms with van der Waals surface area (Å²) in [5, 5.41) is 25.6. The summed E-state index contributed by atoms with van der Waals surface area (Å²) in [4.78, 5) is 24.8. The Labute approximate surface area is 169 Å². The van der Waals surface area contributed by atoms with E-state index in [1.807, 2.05) is 19.1 Å². The second kappa shape index (κ2) is 6.40. The average molecular weight is 394 g/mol. The topological polar surface area (TPSA) is 113 Å². The third-order valence-electron chi connectivity index (χ3n) is 7.00. The molecule has 3 aliphatic carbocycles. The molecule has 5 N–H and O–H groups in total. The highest BCUT2D eigenvalue weighted by Crippen LogP contribution is 2.54. The zero-order valence-electron chi connectivity index (χ0n) is 16.9. The molecule has 0 saturated carbocycles. The molecule has 1 aromatic carbocycles. The second-order valence-corrected chi connectivity index (χ2v) is 8.35. The van der Waals surface area contributed by atoms with Gasteiger partial charge in [0.25, 0.3) is 5.91 Å². The number of carbonyl (C=O) groups is 2. The highest BCUT2D eigenvalue weighted by molar-refractivity contribution is 6.22. The Kier molecular flexibility index (Phi) is 4.33. The number of aliphatic hydroxyl groups is 2. The van der Waals surface area contributed by atoms with Crippen molar-refractivity contribution in [2.24, 2.45) is 17.6 Å². The molecule has 0 fully saturated rings. The van der Waals surface area contributed by atoms with Crippen molar-refractivity contribution in [1.29, 1.82) is 0 Å². The lowest BCUT2D eigenvalue weighted by Crippen LogP contribution is -2.62. The molecule has 6 heteroatoms. The molecule has 0 radical (unpaired) electrons. The minimum Gasteiger partial charge on any atom is -0.508 e. The molecule has 29 heavy (non-hydrogen) atoms. The summed E-state index contributed by atoms with van der Waals surface area (Å²) in [5.41, 5.74) is 8.62. The van der Waals surface area contributed by atoms with E-state index in [9.17, 15) is 19.8 Å². The number of aryl methyl sites for hydroxylation is 1. The summed E-state index contributed by atoms with van der Waals surface area (Å²) >= 11 is 0. The fourth-order valence-corrected chi connectivity index (χ4v) is 5.72. The van der Waals surface area contributed by atoms with Crippen LogP contribution < -0.4 is 11.1 Å². The van der Waals surface area contributed by atoms with Gasteiger partial charge in [0.1, 0.15) is 16.9 Å². The lowest BCUT2D eigenvalue weighted by molar-refractivity contribution is -0.129. The quantitative estimate of drug-likeness (QED) is 0.571. The van der Waals surface area contributed by atoms with Gasteiger partial charge in [-0.15, -0.1) is 0 Å². The van der Waals surface area contributed by atoms with Crippen molar-refractivity contribution in [2.45, 2.75) is 38.3 Å². The number of benzene rings is 1. The lowest BCUT2D eigenvalue weighted by atomic mass is 9.56. The van der Waals surface area contributed by atoms with Crippen LogP contribution in [0.5, 0.6) is 0 Å². The summed E-state index contributed by atoms with van der Waals surface area (Å²) in [6.45, 7) is 8.09. The third-order valence-corrected chi connectivity index (χ3v) is 7.00. The molecular formula is C23H26N2O4. The number of fused-ring (bicyclic) bond motifs is 3. The normalized spacial score (nSPS) is 31.4. The molecule has 0 saturated heterocycles. The molecule has 0 heterocycles. The number of hydrogen-bond donors (Lipinski definition) is 4. The van der Waals surface area contributed by atoms with Crippen LogP contribution in [0.15, 0.2) is 47.3 Å². The predicted octanol–water partition coefficient (Wildman–Crippen LogP) is 1.72. The molecule has 0 bridgehead atoms. The Morgan fingerprint density at radius 3 is 2.66 bits per heavy atom. The Hall–Kier alpha value is -2.70. The van der Waals surface area contributed by atoms with Crippen molar-refractivity contribution in [3.8, 4) is 0 Å². The van der Waals surface area contributed by atoms with Crippen molar-refractivity contribution in [1.82, 2.24) is 5.32 Å². The number of amides is 1. The van der Waals surface area contributed by atoms with Crippen molar-refractivity contribution in [3.63, 3.8) is 0 Å².